The molecule has 0 heterocycles. The topological polar surface area (TPSA) is 59.6 Å². The largest absolute Gasteiger partial charge is 0.310 e. The lowest BCUT2D eigenvalue weighted by Crippen LogP contribution is -2.21. The molecule has 0 spiro atoms. The van der Waals surface area contributed by atoms with Gasteiger partial charge in [0, 0.05) is 6.04 Å². The molecule has 0 aliphatic heterocycles. The fourth-order valence-electron chi connectivity index (χ4n) is 1.87. The minimum Gasteiger partial charge on any atom is -0.310 e. The Morgan fingerprint density at radius 2 is 1.84 bits per heavy atom. The summed E-state index contributed by atoms with van der Waals surface area (Å²) in [6.45, 7) is 6.94. The van der Waals surface area contributed by atoms with E-state index in [9.17, 15) is 0 Å². The van der Waals surface area contributed by atoms with Gasteiger partial charge in [0.2, 0.25) is 0 Å². The highest BCUT2D eigenvalue weighted by atomic mass is 14.9. The van der Waals surface area contributed by atoms with Gasteiger partial charge in [0.1, 0.15) is 0 Å². The van der Waals surface area contributed by atoms with Crippen molar-refractivity contribution >= 4 is 0 Å². The Bertz CT molecular complexity index is 474. The first-order valence-electron chi connectivity index (χ1n) is 6.63. The Labute approximate surface area is 115 Å². The molecule has 100 valence electrons. The molecule has 1 N–H and O–H groups in total. The van der Waals surface area contributed by atoms with Gasteiger partial charge in [-0.1, -0.05) is 12.1 Å². The lowest BCUT2D eigenvalue weighted by Gasteiger charge is -2.17. The van der Waals surface area contributed by atoms with Gasteiger partial charge in [0.15, 0.2) is 0 Å². The number of hydrogen-bond acceptors (Lipinski definition) is 3. The molecule has 1 rings (SSSR count). The van der Waals surface area contributed by atoms with Crippen LogP contribution in [0.15, 0.2) is 24.3 Å². The Kier molecular flexibility index (Phi) is 5.55. The van der Waals surface area contributed by atoms with Crippen LogP contribution >= 0.6 is 0 Å². The molecule has 0 amide bonds. The highest BCUT2D eigenvalue weighted by Gasteiger charge is 2.15. The summed E-state index contributed by atoms with van der Waals surface area (Å²) in [6.07, 6.45) is 1.89. The van der Waals surface area contributed by atoms with Crippen LogP contribution in [-0.2, 0) is 0 Å². The van der Waals surface area contributed by atoms with Gasteiger partial charge >= 0.3 is 0 Å². The second-order valence-electron chi connectivity index (χ2n) is 5.51. The van der Waals surface area contributed by atoms with Gasteiger partial charge < -0.3 is 5.32 Å². The van der Waals surface area contributed by atoms with Crippen LogP contribution in [-0.4, -0.2) is 6.54 Å². The lowest BCUT2D eigenvalue weighted by molar-refractivity contribution is 0.417. The van der Waals surface area contributed by atoms with E-state index in [4.69, 9.17) is 10.5 Å². The van der Waals surface area contributed by atoms with E-state index < -0.39 is 0 Å². The maximum atomic E-state index is 8.93. The number of nitrogens with zero attached hydrogens (tertiary/aromatic N) is 2. The number of nitriles is 2. The molecule has 1 unspecified atom stereocenters. The molecule has 1 aromatic carbocycles. The predicted octanol–water partition coefficient (Wildman–Crippen LogP) is 3.54. The molecule has 0 radical (unpaired) electrons. The lowest BCUT2D eigenvalue weighted by atomic mass is 9.90. The quantitative estimate of drug-likeness (QED) is 0.791. The van der Waals surface area contributed by atoms with E-state index in [2.05, 4.69) is 24.4 Å². The molecule has 1 aromatic rings. The fraction of sp³-hybridized carbons (Fsp3) is 0.500. The number of rotatable bonds is 6. The van der Waals surface area contributed by atoms with E-state index in [0.29, 0.717) is 5.56 Å². The van der Waals surface area contributed by atoms with Crippen molar-refractivity contribution in [1.82, 2.24) is 5.32 Å². The van der Waals surface area contributed by atoms with Gasteiger partial charge in [0.25, 0.3) is 0 Å². The third kappa shape index (κ3) is 5.12. The van der Waals surface area contributed by atoms with E-state index in [0.717, 1.165) is 19.4 Å². The molecule has 0 saturated carbocycles. The highest BCUT2D eigenvalue weighted by molar-refractivity contribution is 5.32. The van der Waals surface area contributed by atoms with Gasteiger partial charge in [-0.3, -0.25) is 0 Å². The first-order valence-corrected chi connectivity index (χ1v) is 6.63. The van der Waals surface area contributed by atoms with Crippen LogP contribution in [0.3, 0.4) is 0 Å². The van der Waals surface area contributed by atoms with Gasteiger partial charge in [0.05, 0.1) is 23.1 Å². The third-order valence-corrected chi connectivity index (χ3v) is 3.27. The average Bonchev–Trinajstić information content (AvgIpc) is 2.43. The minimum absolute atomic E-state index is 0.237. The first-order chi connectivity index (χ1) is 8.98. The van der Waals surface area contributed by atoms with Gasteiger partial charge in [-0.15, -0.1) is 0 Å². The molecule has 19 heavy (non-hydrogen) atoms. The second kappa shape index (κ2) is 6.92. The van der Waals surface area contributed by atoms with Crippen LogP contribution in [0, 0.1) is 28.1 Å². The third-order valence-electron chi connectivity index (χ3n) is 3.27. The van der Waals surface area contributed by atoms with E-state index >= 15 is 0 Å². The summed E-state index contributed by atoms with van der Waals surface area (Å²) in [5, 5.41) is 21.1. The molecular formula is C16H21N3. The monoisotopic (exact) mass is 255 g/mol. The van der Waals surface area contributed by atoms with E-state index in [1.54, 1.807) is 0 Å². The number of hydrogen-bond donors (Lipinski definition) is 1. The molecule has 3 nitrogen and oxygen atoms in total. The Morgan fingerprint density at radius 1 is 1.21 bits per heavy atom. The van der Waals surface area contributed by atoms with Crippen LogP contribution in [0.1, 0.15) is 50.8 Å². The number of benzene rings is 1. The van der Waals surface area contributed by atoms with E-state index in [-0.39, 0.29) is 11.5 Å². The summed E-state index contributed by atoms with van der Waals surface area (Å²) < 4.78 is 0. The zero-order valence-corrected chi connectivity index (χ0v) is 11.9. The molecule has 0 aromatic heterocycles. The van der Waals surface area contributed by atoms with Crippen LogP contribution in [0.25, 0.3) is 0 Å². The van der Waals surface area contributed by atoms with Gasteiger partial charge in [-0.25, -0.2) is 0 Å². The van der Waals surface area contributed by atoms with Crippen LogP contribution in [0.4, 0.5) is 0 Å². The van der Waals surface area contributed by atoms with Crippen molar-refractivity contribution in [3.05, 3.63) is 35.4 Å². The van der Waals surface area contributed by atoms with E-state index in [1.165, 1.54) is 5.56 Å². The minimum atomic E-state index is -0.237. The fourth-order valence-corrected chi connectivity index (χ4v) is 1.87. The van der Waals surface area contributed by atoms with Crippen molar-refractivity contribution in [2.24, 2.45) is 5.41 Å². The molecule has 1 atom stereocenters. The molecule has 0 aliphatic carbocycles. The average molecular weight is 255 g/mol. The van der Waals surface area contributed by atoms with Crippen molar-refractivity contribution in [1.29, 1.82) is 10.5 Å². The van der Waals surface area contributed by atoms with Crippen molar-refractivity contribution in [3.8, 4) is 12.1 Å². The van der Waals surface area contributed by atoms with Crippen LogP contribution in [0.5, 0.6) is 0 Å². The van der Waals surface area contributed by atoms with Crippen molar-refractivity contribution in [2.75, 3.05) is 6.54 Å². The number of nitrogens with one attached hydrogen (secondary N) is 1. The standard InChI is InChI=1S/C16H21N3/c1-13(15-7-5-14(11-17)6-8-15)19-10-4-9-16(2,3)12-18/h5-8,13,19H,4,9-10H2,1-3H3. The summed E-state index contributed by atoms with van der Waals surface area (Å²) in [7, 11) is 0. The zero-order valence-electron chi connectivity index (χ0n) is 11.9. The molecular weight excluding hydrogens is 234 g/mol. The van der Waals surface area contributed by atoms with Crippen LogP contribution in [0.2, 0.25) is 0 Å². The van der Waals surface area contributed by atoms with Crippen LogP contribution < -0.4 is 5.32 Å². The van der Waals surface area contributed by atoms with Crippen molar-refractivity contribution in [3.63, 3.8) is 0 Å². The smallest absolute Gasteiger partial charge is 0.0991 e. The molecule has 0 fully saturated rings. The first kappa shape index (κ1) is 15.2. The molecule has 0 bridgehead atoms. The van der Waals surface area contributed by atoms with Gasteiger partial charge in [-0.05, 0) is 57.9 Å². The Hall–Kier alpha value is -1.84. The summed E-state index contributed by atoms with van der Waals surface area (Å²) >= 11 is 0. The van der Waals surface area contributed by atoms with Gasteiger partial charge in [-0.2, -0.15) is 10.5 Å². The summed E-state index contributed by atoms with van der Waals surface area (Å²) in [5.41, 5.74) is 1.63. The molecule has 0 aliphatic rings. The summed E-state index contributed by atoms with van der Waals surface area (Å²) in [5.74, 6) is 0. The van der Waals surface area contributed by atoms with E-state index in [1.807, 2.05) is 38.1 Å². The summed E-state index contributed by atoms with van der Waals surface area (Å²) in [4.78, 5) is 0. The van der Waals surface area contributed by atoms with Crippen molar-refractivity contribution < 1.29 is 0 Å². The Balaban J connectivity index is 2.37. The SMILES string of the molecule is CC(NCCCC(C)(C)C#N)c1ccc(C#N)cc1. The maximum Gasteiger partial charge on any atom is 0.0991 e. The predicted molar refractivity (Wildman–Crippen MR) is 76.2 cm³/mol. The zero-order chi connectivity index (χ0) is 14.3. The second-order valence-corrected chi connectivity index (χ2v) is 5.51. The molecule has 0 saturated heterocycles. The highest BCUT2D eigenvalue weighted by Crippen LogP contribution is 2.20. The molecule has 3 heteroatoms. The maximum absolute atomic E-state index is 8.93. The summed E-state index contributed by atoms with van der Waals surface area (Å²) in [6, 6.07) is 12.3. The van der Waals surface area contributed by atoms with Crippen molar-refractivity contribution in [2.45, 2.75) is 39.7 Å². The Morgan fingerprint density at radius 3 is 2.37 bits per heavy atom. The normalized spacial score (nSPS) is 12.5.